The second-order valence-electron chi connectivity index (χ2n) is 5.16. The Morgan fingerprint density at radius 1 is 1.05 bits per heavy atom. The minimum atomic E-state index is 0.738. The number of methoxy groups -OCH3 is 1. The highest BCUT2D eigenvalue weighted by Gasteiger charge is 2.18. The van der Waals surface area contributed by atoms with Crippen LogP contribution in [0.25, 0.3) is 5.57 Å². The van der Waals surface area contributed by atoms with E-state index < -0.39 is 0 Å². The fraction of sp³-hybridized carbons (Fsp3) is 0.150. The van der Waals surface area contributed by atoms with Crippen molar-refractivity contribution in [2.75, 3.05) is 7.11 Å². The SMILES string of the molecule is COc1ccc2c(c1)C(C#Cc1ccccc1)=C(C=O)CC2. The third-order valence-corrected chi connectivity index (χ3v) is 3.82. The smallest absolute Gasteiger partial charge is 0.147 e. The molecular weight excluding hydrogens is 272 g/mol. The van der Waals surface area contributed by atoms with Crippen LogP contribution >= 0.6 is 0 Å². The predicted octanol–water partition coefficient (Wildman–Crippen LogP) is 3.65. The molecule has 0 saturated carbocycles. The van der Waals surface area contributed by atoms with E-state index in [9.17, 15) is 4.79 Å². The van der Waals surface area contributed by atoms with Crippen molar-refractivity contribution >= 4 is 11.9 Å². The fourth-order valence-corrected chi connectivity index (χ4v) is 2.62. The third-order valence-electron chi connectivity index (χ3n) is 3.82. The maximum Gasteiger partial charge on any atom is 0.147 e. The summed E-state index contributed by atoms with van der Waals surface area (Å²) >= 11 is 0. The van der Waals surface area contributed by atoms with Crippen molar-refractivity contribution in [1.29, 1.82) is 0 Å². The molecule has 3 rings (SSSR count). The highest BCUT2D eigenvalue weighted by molar-refractivity contribution is 5.97. The lowest BCUT2D eigenvalue weighted by molar-refractivity contribution is -0.105. The van der Waals surface area contributed by atoms with Crippen molar-refractivity contribution in [3.63, 3.8) is 0 Å². The summed E-state index contributed by atoms with van der Waals surface area (Å²) < 4.78 is 5.30. The number of aldehydes is 1. The first-order chi connectivity index (χ1) is 10.8. The summed E-state index contributed by atoms with van der Waals surface area (Å²) in [5, 5.41) is 0. The molecule has 1 aliphatic carbocycles. The quantitative estimate of drug-likeness (QED) is 0.623. The highest BCUT2D eigenvalue weighted by atomic mass is 16.5. The Kier molecular flexibility index (Phi) is 4.07. The second-order valence-corrected chi connectivity index (χ2v) is 5.16. The van der Waals surface area contributed by atoms with Crippen molar-refractivity contribution in [1.82, 2.24) is 0 Å². The number of aryl methyl sites for hydroxylation is 1. The molecule has 0 spiro atoms. The number of hydrogen-bond donors (Lipinski definition) is 0. The number of carbonyl (C=O) groups excluding carboxylic acids is 1. The van der Waals surface area contributed by atoms with E-state index in [1.54, 1.807) is 7.11 Å². The van der Waals surface area contributed by atoms with Gasteiger partial charge in [0.1, 0.15) is 12.0 Å². The molecule has 0 aliphatic heterocycles. The number of allylic oxidation sites excluding steroid dienone is 2. The van der Waals surface area contributed by atoms with Crippen LogP contribution in [0.1, 0.15) is 23.1 Å². The fourth-order valence-electron chi connectivity index (χ4n) is 2.62. The van der Waals surface area contributed by atoms with Gasteiger partial charge in [0.25, 0.3) is 0 Å². The summed E-state index contributed by atoms with van der Waals surface area (Å²) in [6.45, 7) is 0. The topological polar surface area (TPSA) is 26.3 Å². The molecule has 0 atom stereocenters. The van der Waals surface area contributed by atoms with Crippen LogP contribution in [0.5, 0.6) is 5.75 Å². The van der Waals surface area contributed by atoms with Crippen LogP contribution in [-0.4, -0.2) is 13.4 Å². The number of carbonyl (C=O) groups is 1. The molecule has 108 valence electrons. The molecule has 2 aromatic rings. The van der Waals surface area contributed by atoms with Crippen LogP contribution in [0.4, 0.5) is 0 Å². The predicted molar refractivity (Wildman–Crippen MR) is 87.6 cm³/mol. The lowest BCUT2D eigenvalue weighted by Crippen LogP contribution is -2.05. The maximum atomic E-state index is 11.4. The largest absolute Gasteiger partial charge is 0.497 e. The monoisotopic (exact) mass is 288 g/mol. The standard InChI is InChI=1S/C20H16O2/c1-22-18-11-10-16-8-9-17(14-21)19(20(16)13-18)12-7-15-5-3-2-4-6-15/h2-6,10-11,13-14H,8-9H2,1H3. The Labute approximate surface area is 130 Å². The zero-order valence-corrected chi connectivity index (χ0v) is 12.4. The van der Waals surface area contributed by atoms with Gasteiger partial charge in [0.2, 0.25) is 0 Å². The average Bonchev–Trinajstić information content (AvgIpc) is 2.59. The first kappa shape index (κ1) is 14.2. The van der Waals surface area contributed by atoms with Gasteiger partial charge >= 0.3 is 0 Å². The molecule has 22 heavy (non-hydrogen) atoms. The van der Waals surface area contributed by atoms with Crippen molar-refractivity contribution in [2.24, 2.45) is 0 Å². The maximum absolute atomic E-state index is 11.4. The van der Waals surface area contributed by atoms with E-state index in [1.807, 2.05) is 42.5 Å². The molecule has 0 aromatic heterocycles. The van der Waals surface area contributed by atoms with Crippen molar-refractivity contribution in [3.05, 3.63) is 70.8 Å². The Balaban J connectivity index is 2.09. The second kappa shape index (κ2) is 6.32. The van der Waals surface area contributed by atoms with Crippen molar-refractivity contribution in [2.45, 2.75) is 12.8 Å². The molecule has 2 aromatic carbocycles. The van der Waals surface area contributed by atoms with E-state index in [2.05, 4.69) is 17.9 Å². The normalized spacial score (nSPS) is 13.0. The molecule has 1 aliphatic rings. The molecule has 0 radical (unpaired) electrons. The first-order valence-electron chi connectivity index (χ1n) is 7.24. The first-order valence-corrected chi connectivity index (χ1v) is 7.24. The van der Waals surface area contributed by atoms with Gasteiger partial charge in [-0.05, 0) is 48.2 Å². The lowest BCUT2D eigenvalue weighted by atomic mass is 9.86. The van der Waals surface area contributed by atoms with Crippen LogP contribution in [0.2, 0.25) is 0 Å². The summed E-state index contributed by atoms with van der Waals surface area (Å²) in [4.78, 5) is 11.4. The molecule has 2 nitrogen and oxygen atoms in total. The minimum Gasteiger partial charge on any atom is -0.497 e. The number of fused-ring (bicyclic) bond motifs is 1. The average molecular weight is 288 g/mol. The Morgan fingerprint density at radius 3 is 2.59 bits per heavy atom. The highest BCUT2D eigenvalue weighted by Crippen LogP contribution is 2.32. The van der Waals surface area contributed by atoms with Gasteiger partial charge in [0.15, 0.2) is 0 Å². The Morgan fingerprint density at radius 2 is 1.86 bits per heavy atom. The minimum absolute atomic E-state index is 0.738. The summed E-state index contributed by atoms with van der Waals surface area (Å²) in [5.74, 6) is 7.12. The molecule has 0 bridgehead atoms. The molecule has 0 fully saturated rings. The number of rotatable bonds is 2. The van der Waals surface area contributed by atoms with Crippen molar-refractivity contribution < 1.29 is 9.53 Å². The Hall–Kier alpha value is -2.79. The van der Waals surface area contributed by atoms with Gasteiger partial charge in [0.05, 0.1) is 7.11 Å². The van der Waals surface area contributed by atoms with Crippen LogP contribution in [-0.2, 0) is 11.2 Å². The van der Waals surface area contributed by atoms with Gasteiger partial charge in [-0.25, -0.2) is 0 Å². The summed E-state index contributed by atoms with van der Waals surface area (Å²) in [6, 6.07) is 15.8. The van der Waals surface area contributed by atoms with E-state index in [0.717, 1.165) is 47.2 Å². The Bertz CT molecular complexity index is 789. The van der Waals surface area contributed by atoms with Crippen LogP contribution < -0.4 is 4.74 Å². The van der Waals surface area contributed by atoms with E-state index in [-0.39, 0.29) is 0 Å². The van der Waals surface area contributed by atoms with Gasteiger partial charge in [-0.15, -0.1) is 0 Å². The van der Waals surface area contributed by atoms with E-state index in [1.165, 1.54) is 5.56 Å². The molecule has 0 amide bonds. The van der Waals surface area contributed by atoms with Crippen molar-refractivity contribution in [3.8, 4) is 17.6 Å². The zero-order chi connectivity index (χ0) is 15.4. The molecular formula is C20H16O2. The number of benzene rings is 2. The molecule has 0 saturated heterocycles. The van der Waals surface area contributed by atoms with Gasteiger partial charge in [-0.2, -0.15) is 0 Å². The summed E-state index contributed by atoms with van der Waals surface area (Å²) in [7, 11) is 1.64. The van der Waals surface area contributed by atoms with Gasteiger partial charge in [-0.3, -0.25) is 4.79 Å². The van der Waals surface area contributed by atoms with E-state index >= 15 is 0 Å². The van der Waals surface area contributed by atoms with Crippen LogP contribution in [0.3, 0.4) is 0 Å². The number of hydrogen-bond acceptors (Lipinski definition) is 2. The molecule has 0 heterocycles. The molecule has 0 unspecified atom stereocenters. The van der Waals surface area contributed by atoms with Gasteiger partial charge < -0.3 is 4.74 Å². The van der Waals surface area contributed by atoms with Gasteiger partial charge in [-0.1, -0.05) is 36.1 Å². The summed E-state index contributed by atoms with van der Waals surface area (Å²) in [6.07, 6.45) is 2.53. The molecule has 0 N–H and O–H groups in total. The summed E-state index contributed by atoms with van der Waals surface area (Å²) in [5.41, 5.74) is 4.75. The molecule has 2 heteroatoms. The van der Waals surface area contributed by atoms with Gasteiger partial charge in [0, 0.05) is 16.7 Å². The van der Waals surface area contributed by atoms with Crippen LogP contribution in [0.15, 0.2) is 54.1 Å². The zero-order valence-electron chi connectivity index (χ0n) is 12.4. The van der Waals surface area contributed by atoms with E-state index in [0.29, 0.717) is 0 Å². The van der Waals surface area contributed by atoms with Crippen LogP contribution in [0, 0.1) is 11.8 Å². The lowest BCUT2D eigenvalue weighted by Gasteiger charge is -2.18. The van der Waals surface area contributed by atoms with E-state index in [4.69, 9.17) is 4.74 Å². The number of ether oxygens (including phenoxy) is 1. The third kappa shape index (κ3) is 2.80.